The molecule has 1 saturated heterocycles. The van der Waals surface area contributed by atoms with Gasteiger partial charge < -0.3 is 9.26 Å². The smallest absolute Gasteiger partial charge is 0.214 e. The maximum atomic E-state index is 12.3. The number of halogens is 1. The Balaban J connectivity index is 1.69. The topological polar surface area (TPSA) is 55.6 Å². The van der Waals surface area contributed by atoms with Gasteiger partial charge in [-0.1, -0.05) is 16.8 Å². The van der Waals surface area contributed by atoms with Gasteiger partial charge in [0.05, 0.1) is 19.8 Å². The van der Waals surface area contributed by atoms with Crippen molar-refractivity contribution in [3.8, 4) is 0 Å². The maximum Gasteiger partial charge on any atom is 0.214 e. The van der Waals surface area contributed by atoms with E-state index >= 15 is 0 Å². The molecule has 6 heteroatoms. The zero-order chi connectivity index (χ0) is 14.7. The van der Waals surface area contributed by atoms with Crippen LogP contribution in [0.4, 0.5) is 0 Å². The molecule has 1 aliphatic heterocycles. The zero-order valence-electron chi connectivity index (χ0n) is 11.4. The molecule has 110 valence electrons. The van der Waals surface area contributed by atoms with Gasteiger partial charge in [-0.15, -0.1) is 0 Å². The summed E-state index contributed by atoms with van der Waals surface area (Å²) in [6.45, 7) is 3.82. The van der Waals surface area contributed by atoms with Gasteiger partial charge in [0.15, 0.2) is 11.5 Å². The summed E-state index contributed by atoms with van der Waals surface area (Å²) in [4.78, 5) is 14.5. The van der Waals surface area contributed by atoms with Crippen molar-refractivity contribution in [2.24, 2.45) is 0 Å². The Labute approximate surface area is 127 Å². The molecule has 0 spiro atoms. The Morgan fingerprint density at radius 1 is 1.24 bits per heavy atom. The quantitative estimate of drug-likeness (QED) is 0.812. The van der Waals surface area contributed by atoms with Gasteiger partial charge in [-0.3, -0.25) is 9.69 Å². The van der Waals surface area contributed by atoms with Crippen LogP contribution in [0.3, 0.4) is 0 Å². The second-order valence-electron chi connectivity index (χ2n) is 4.90. The van der Waals surface area contributed by atoms with Crippen LogP contribution in [0.1, 0.15) is 21.8 Å². The van der Waals surface area contributed by atoms with E-state index in [2.05, 4.69) is 10.1 Å². The van der Waals surface area contributed by atoms with Crippen LogP contribution in [0, 0.1) is 0 Å². The highest BCUT2D eigenvalue weighted by atomic mass is 35.5. The molecule has 0 N–H and O–H groups in total. The van der Waals surface area contributed by atoms with Crippen molar-refractivity contribution in [1.82, 2.24) is 10.1 Å². The van der Waals surface area contributed by atoms with Crippen LogP contribution < -0.4 is 0 Å². The Bertz CT molecular complexity index is 618. The van der Waals surface area contributed by atoms with Gasteiger partial charge in [0.25, 0.3) is 0 Å². The van der Waals surface area contributed by atoms with Crippen molar-refractivity contribution in [3.63, 3.8) is 0 Å². The highest BCUT2D eigenvalue weighted by molar-refractivity contribution is 6.30. The molecular weight excluding hydrogens is 292 g/mol. The zero-order valence-corrected chi connectivity index (χ0v) is 12.2. The van der Waals surface area contributed by atoms with Gasteiger partial charge in [-0.25, -0.2) is 0 Å². The van der Waals surface area contributed by atoms with E-state index in [0.29, 0.717) is 28.6 Å². The summed E-state index contributed by atoms with van der Waals surface area (Å²) >= 11 is 5.81. The number of ketones is 1. The Hall–Kier alpha value is -1.69. The molecule has 0 aliphatic carbocycles. The summed E-state index contributed by atoms with van der Waals surface area (Å²) in [5.41, 5.74) is 0.867. The van der Waals surface area contributed by atoms with Gasteiger partial charge in [-0.05, 0) is 24.3 Å². The van der Waals surface area contributed by atoms with E-state index in [1.807, 2.05) is 0 Å². The second kappa shape index (κ2) is 6.39. The molecule has 5 nitrogen and oxygen atoms in total. The third-order valence-electron chi connectivity index (χ3n) is 3.38. The third kappa shape index (κ3) is 3.50. The molecule has 3 rings (SSSR count). The maximum absolute atomic E-state index is 12.3. The Morgan fingerprint density at radius 3 is 2.67 bits per heavy atom. The lowest BCUT2D eigenvalue weighted by molar-refractivity contribution is 0.0305. The van der Waals surface area contributed by atoms with Crippen LogP contribution in [0.25, 0.3) is 0 Å². The van der Waals surface area contributed by atoms with E-state index in [1.54, 1.807) is 30.3 Å². The molecule has 0 saturated carbocycles. The SMILES string of the molecule is O=C(c1ccc(Cl)cc1)c1cc(CN2CCOCC2)on1. The summed E-state index contributed by atoms with van der Waals surface area (Å²) in [6.07, 6.45) is 0. The van der Waals surface area contributed by atoms with Crippen LogP contribution >= 0.6 is 11.6 Å². The average Bonchev–Trinajstić information content (AvgIpc) is 2.97. The molecule has 1 aromatic carbocycles. The molecule has 0 unspecified atom stereocenters. The lowest BCUT2D eigenvalue weighted by Gasteiger charge is -2.25. The summed E-state index contributed by atoms with van der Waals surface area (Å²) in [7, 11) is 0. The van der Waals surface area contributed by atoms with Crippen LogP contribution in [0.2, 0.25) is 5.02 Å². The van der Waals surface area contributed by atoms with E-state index in [-0.39, 0.29) is 5.78 Å². The highest BCUT2D eigenvalue weighted by Crippen LogP contribution is 2.15. The highest BCUT2D eigenvalue weighted by Gasteiger charge is 2.17. The van der Waals surface area contributed by atoms with Crippen molar-refractivity contribution in [2.45, 2.75) is 6.54 Å². The fraction of sp³-hybridized carbons (Fsp3) is 0.333. The van der Waals surface area contributed by atoms with Crippen molar-refractivity contribution < 1.29 is 14.1 Å². The van der Waals surface area contributed by atoms with E-state index in [9.17, 15) is 4.79 Å². The lowest BCUT2D eigenvalue weighted by atomic mass is 10.1. The molecule has 1 fully saturated rings. The van der Waals surface area contributed by atoms with Crippen molar-refractivity contribution in [1.29, 1.82) is 0 Å². The van der Waals surface area contributed by atoms with Crippen molar-refractivity contribution in [2.75, 3.05) is 26.3 Å². The Morgan fingerprint density at radius 2 is 1.95 bits per heavy atom. The van der Waals surface area contributed by atoms with Gasteiger partial charge in [0, 0.05) is 29.7 Å². The molecule has 2 heterocycles. The first-order chi connectivity index (χ1) is 10.2. The normalized spacial score (nSPS) is 16.0. The molecule has 1 aliphatic rings. The third-order valence-corrected chi connectivity index (χ3v) is 3.63. The fourth-order valence-corrected chi connectivity index (χ4v) is 2.35. The summed E-state index contributed by atoms with van der Waals surface area (Å²) in [5.74, 6) is 0.526. The first-order valence-electron chi connectivity index (χ1n) is 6.78. The number of aromatic nitrogens is 1. The largest absolute Gasteiger partial charge is 0.379 e. The summed E-state index contributed by atoms with van der Waals surface area (Å²) in [5, 5.41) is 4.46. The number of rotatable bonds is 4. The van der Waals surface area contributed by atoms with E-state index in [0.717, 1.165) is 26.3 Å². The van der Waals surface area contributed by atoms with Gasteiger partial charge in [-0.2, -0.15) is 0 Å². The average molecular weight is 307 g/mol. The van der Waals surface area contributed by atoms with E-state index in [1.165, 1.54) is 0 Å². The molecule has 0 bridgehead atoms. The molecule has 1 aromatic heterocycles. The molecule has 0 radical (unpaired) electrons. The second-order valence-corrected chi connectivity index (χ2v) is 5.34. The summed E-state index contributed by atoms with van der Waals surface area (Å²) < 4.78 is 10.5. The number of nitrogens with zero attached hydrogens (tertiary/aromatic N) is 2. The van der Waals surface area contributed by atoms with Crippen molar-refractivity contribution in [3.05, 3.63) is 52.4 Å². The van der Waals surface area contributed by atoms with Crippen LogP contribution in [0.15, 0.2) is 34.9 Å². The number of hydrogen-bond donors (Lipinski definition) is 0. The number of hydrogen-bond acceptors (Lipinski definition) is 5. The summed E-state index contributed by atoms with van der Waals surface area (Å²) in [6, 6.07) is 8.43. The number of ether oxygens (including phenoxy) is 1. The standard InChI is InChI=1S/C15H15ClN2O3/c16-12-3-1-11(2-4-12)15(19)14-9-13(21-17-14)10-18-5-7-20-8-6-18/h1-4,9H,5-8,10H2. The number of benzene rings is 1. The first-order valence-corrected chi connectivity index (χ1v) is 7.16. The predicted molar refractivity (Wildman–Crippen MR) is 77.5 cm³/mol. The molecule has 0 atom stereocenters. The van der Waals surface area contributed by atoms with Gasteiger partial charge in [0.1, 0.15) is 0 Å². The van der Waals surface area contributed by atoms with Crippen molar-refractivity contribution >= 4 is 17.4 Å². The number of carbonyl (C=O) groups excluding carboxylic acids is 1. The Kier molecular flexibility index (Phi) is 4.34. The molecular formula is C15H15ClN2O3. The minimum absolute atomic E-state index is 0.163. The fourth-order valence-electron chi connectivity index (χ4n) is 2.22. The van der Waals surface area contributed by atoms with Gasteiger partial charge >= 0.3 is 0 Å². The van der Waals surface area contributed by atoms with Crippen LogP contribution in [-0.4, -0.2) is 42.1 Å². The number of carbonyl (C=O) groups is 1. The first kappa shape index (κ1) is 14.3. The molecule has 21 heavy (non-hydrogen) atoms. The number of morpholine rings is 1. The lowest BCUT2D eigenvalue weighted by Crippen LogP contribution is -2.35. The van der Waals surface area contributed by atoms with Crippen LogP contribution in [0.5, 0.6) is 0 Å². The molecule has 0 amide bonds. The predicted octanol–water partition coefficient (Wildman–Crippen LogP) is 2.39. The van der Waals surface area contributed by atoms with E-state index in [4.69, 9.17) is 20.9 Å². The minimum Gasteiger partial charge on any atom is -0.379 e. The van der Waals surface area contributed by atoms with E-state index < -0.39 is 0 Å². The van der Waals surface area contributed by atoms with Gasteiger partial charge in [0.2, 0.25) is 5.78 Å². The molecule has 2 aromatic rings. The minimum atomic E-state index is -0.163. The van der Waals surface area contributed by atoms with Crippen LogP contribution in [-0.2, 0) is 11.3 Å². The monoisotopic (exact) mass is 306 g/mol.